The summed E-state index contributed by atoms with van der Waals surface area (Å²) in [6, 6.07) is 8.56. The van der Waals surface area contributed by atoms with E-state index >= 15 is 0 Å². The summed E-state index contributed by atoms with van der Waals surface area (Å²) < 4.78 is 1.15. The van der Waals surface area contributed by atoms with Crippen molar-refractivity contribution in [3.05, 3.63) is 34.3 Å². The van der Waals surface area contributed by atoms with Crippen LogP contribution in [0.1, 0.15) is 25.8 Å². The van der Waals surface area contributed by atoms with Crippen molar-refractivity contribution >= 4 is 15.9 Å². The monoisotopic (exact) mass is 269 g/mol. The highest BCUT2D eigenvalue weighted by Gasteiger charge is 2.01. The van der Waals surface area contributed by atoms with E-state index in [2.05, 4.69) is 66.0 Å². The van der Waals surface area contributed by atoms with Crippen molar-refractivity contribution in [1.82, 2.24) is 4.90 Å². The van der Waals surface area contributed by atoms with Gasteiger partial charge in [0, 0.05) is 11.0 Å². The Morgan fingerprint density at radius 3 is 2.33 bits per heavy atom. The van der Waals surface area contributed by atoms with Gasteiger partial charge in [-0.3, -0.25) is 0 Å². The van der Waals surface area contributed by atoms with Gasteiger partial charge in [-0.15, -0.1) is 0 Å². The molecule has 0 amide bonds. The molecule has 0 aliphatic rings. The standard InChI is InChI=1S/C13H20BrN/c1-11(2)8-9-15(3)10-12-4-6-13(14)7-5-12/h4-7,11H,8-10H2,1-3H3. The average Bonchev–Trinajstić information content (AvgIpc) is 2.19. The Kier molecular flexibility index (Phi) is 5.34. The first-order valence-electron chi connectivity index (χ1n) is 5.51. The molecule has 84 valence electrons. The van der Waals surface area contributed by atoms with Crippen LogP contribution in [0.4, 0.5) is 0 Å². The Hall–Kier alpha value is -0.340. The summed E-state index contributed by atoms with van der Waals surface area (Å²) in [7, 11) is 2.18. The summed E-state index contributed by atoms with van der Waals surface area (Å²) in [5.74, 6) is 0.789. The molecule has 1 aromatic carbocycles. The second kappa shape index (κ2) is 6.29. The van der Waals surface area contributed by atoms with Gasteiger partial charge in [-0.25, -0.2) is 0 Å². The van der Waals surface area contributed by atoms with Crippen LogP contribution >= 0.6 is 15.9 Å². The fraction of sp³-hybridized carbons (Fsp3) is 0.538. The number of halogens is 1. The number of hydrogen-bond donors (Lipinski definition) is 0. The van der Waals surface area contributed by atoms with Crippen LogP contribution in [0.5, 0.6) is 0 Å². The molecule has 0 saturated carbocycles. The molecule has 0 fully saturated rings. The Morgan fingerprint density at radius 1 is 1.20 bits per heavy atom. The molecule has 0 aliphatic carbocycles. The van der Waals surface area contributed by atoms with Crippen LogP contribution < -0.4 is 0 Å². The summed E-state index contributed by atoms with van der Waals surface area (Å²) in [4.78, 5) is 2.38. The lowest BCUT2D eigenvalue weighted by Gasteiger charge is -2.17. The molecule has 1 nitrogen and oxygen atoms in total. The van der Waals surface area contributed by atoms with Gasteiger partial charge in [-0.1, -0.05) is 41.9 Å². The van der Waals surface area contributed by atoms with Crippen LogP contribution in [0, 0.1) is 5.92 Å². The van der Waals surface area contributed by atoms with Gasteiger partial charge in [0.05, 0.1) is 0 Å². The smallest absolute Gasteiger partial charge is 0.0230 e. The largest absolute Gasteiger partial charge is 0.302 e. The second-order valence-electron chi connectivity index (χ2n) is 4.55. The first-order valence-corrected chi connectivity index (χ1v) is 6.30. The number of hydrogen-bond acceptors (Lipinski definition) is 1. The molecule has 0 aliphatic heterocycles. The molecular formula is C13H20BrN. The van der Waals surface area contributed by atoms with Crippen LogP contribution in [-0.4, -0.2) is 18.5 Å². The van der Waals surface area contributed by atoms with Gasteiger partial charge in [0.1, 0.15) is 0 Å². The minimum absolute atomic E-state index is 0.789. The van der Waals surface area contributed by atoms with Gasteiger partial charge < -0.3 is 4.90 Å². The lowest BCUT2D eigenvalue weighted by molar-refractivity contribution is 0.303. The van der Waals surface area contributed by atoms with E-state index in [1.54, 1.807) is 0 Å². The van der Waals surface area contributed by atoms with Gasteiger partial charge in [-0.05, 0) is 43.6 Å². The minimum Gasteiger partial charge on any atom is -0.302 e. The molecule has 0 N–H and O–H groups in total. The highest BCUT2D eigenvalue weighted by atomic mass is 79.9. The van der Waals surface area contributed by atoms with E-state index in [4.69, 9.17) is 0 Å². The van der Waals surface area contributed by atoms with Crippen LogP contribution in [0.3, 0.4) is 0 Å². The molecule has 1 rings (SSSR count). The molecule has 0 saturated heterocycles. The van der Waals surface area contributed by atoms with Crippen molar-refractivity contribution in [2.75, 3.05) is 13.6 Å². The highest BCUT2D eigenvalue weighted by Crippen LogP contribution is 2.12. The molecule has 0 aromatic heterocycles. The maximum atomic E-state index is 3.45. The summed E-state index contributed by atoms with van der Waals surface area (Å²) in [6.45, 7) is 6.76. The lowest BCUT2D eigenvalue weighted by atomic mass is 10.1. The molecule has 0 spiro atoms. The zero-order valence-corrected chi connectivity index (χ0v) is 11.4. The summed E-state index contributed by atoms with van der Waals surface area (Å²) in [6.07, 6.45) is 1.27. The molecule has 0 bridgehead atoms. The van der Waals surface area contributed by atoms with Crippen molar-refractivity contribution in [2.45, 2.75) is 26.8 Å². The summed E-state index contributed by atoms with van der Waals surface area (Å²) in [5, 5.41) is 0. The van der Waals surface area contributed by atoms with E-state index in [1.165, 1.54) is 18.5 Å². The van der Waals surface area contributed by atoms with E-state index in [0.29, 0.717) is 0 Å². The van der Waals surface area contributed by atoms with E-state index in [1.807, 2.05) is 0 Å². The van der Waals surface area contributed by atoms with E-state index in [0.717, 1.165) is 16.9 Å². The predicted octanol–water partition coefficient (Wildman–Crippen LogP) is 3.93. The van der Waals surface area contributed by atoms with Gasteiger partial charge in [0.25, 0.3) is 0 Å². The Bertz CT molecular complexity index is 279. The molecule has 2 heteroatoms. The zero-order chi connectivity index (χ0) is 11.3. The fourth-order valence-electron chi connectivity index (χ4n) is 1.46. The summed E-state index contributed by atoms with van der Waals surface area (Å²) in [5.41, 5.74) is 1.38. The quantitative estimate of drug-likeness (QED) is 0.783. The third kappa shape index (κ3) is 5.33. The first-order chi connectivity index (χ1) is 7.08. The summed E-state index contributed by atoms with van der Waals surface area (Å²) >= 11 is 3.45. The van der Waals surface area contributed by atoms with Crippen molar-refractivity contribution in [2.24, 2.45) is 5.92 Å². The number of benzene rings is 1. The zero-order valence-electron chi connectivity index (χ0n) is 9.83. The van der Waals surface area contributed by atoms with Crippen molar-refractivity contribution < 1.29 is 0 Å². The molecule has 0 unspecified atom stereocenters. The third-order valence-electron chi connectivity index (χ3n) is 2.45. The van der Waals surface area contributed by atoms with E-state index in [-0.39, 0.29) is 0 Å². The minimum atomic E-state index is 0.789. The molecule has 0 heterocycles. The topological polar surface area (TPSA) is 3.24 Å². The van der Waals surface area contributed by atoms with Crippen molar-refractivity contribution in [3.8, 4) is 0 Å². The Labute approximate surface area is 102 Å². The second-order valence-corrected chi connectivity index (χ2v) is 5.46. The molecule has 1 aromatic rings. The third-order valence-corrected chi connectivity index (χ3v) is 2.98. The average molecular weight is 270 g/mol. The van der Waals surface area contributed by atoms with Crippen LogP contribution in [0.15, 0.2) is 28.7 Å². The SMILES string of the molecule is CC(C)CCN(C)Cc1ccc(Br)cc1. The molecule has 0 atom stereocenters. The highest BCUT2D eigenvalue weighted by molar-refractivity contribution is 9.10. The lowest BCUT2D eigenvalue weighted by Crippen LogP contribution is -2.20. The van der Waals surface area contributed by atoms with Crippen LogP contribution in [0.2, 0.25) is 0 Å². The molecule has 0 radical (unpaired) electrons. The van der Waals surface area contributed by atoms with Crippen molar-refractivity contribution in [3.63, 3.8) is 0 Å². The van der Waals surface area contributed by atoms with E-state index in [9.17, 15) is 0 Å². The predicted molar refractivity (Wildman–Crippen MR) is 69.9 cm³/mol. The van der Waals surface area contributed by atoms with Gasteiger partial charge in [-0.2, -0.15) is 0 Å². The maximum absolute atomic E-state index is 3.45. The first kappa shape index (κ1) is 12.7. The van der Waals surface area contributed by atoms with Gasteiger partial charge >= 0.3 is 0 Å². The number of nitrogens with zero attached hydrogens (tertiary/aromatic N) is 1. The van der Waals surface area contributed by atoms with Crippen molar-refractivity contribution in [1.29, 1.82) is 0 Å². The normalized spacial score (nSPS) is 11.3. The maximum Gasteiger partial charge on any atom is 0.0230 e. The van der Waals surface area contributed by atoms with Gasteiger partial charge in [0.15, 0.2) is 0 Å². The van der Waals surface area contributed by atoms with Crippen LogP contribution in [-0.2, 0) is 6.54 Å². The molecule has 15 heavy (non-hydrogen) atoms. The number of rotatable bonds is 5. The Balaban J connectivity index is 2.37. The van der Waals surface area contributed by atoms with Crippen LogP contribution in [0.25, 0.3) is 0 Å². The van der Waals surface area contributed by atoms with Gasteiger partial charge in [0.2, 0.25) is 0 Å². The van der Waals surface area contributed by atoms with E-state index < -0.39 is 0 Å². The molecular weight excluding hydrogens is 250 g/mol. The fourth-order valence-corrected chi connectivity index (χ4v) is 1.72. The Morgan fingerprint density at radius 2 is 1.80 bits per heavy atom.